The maximum Gasteiger partial charge on any atom is 0.277 e. The van der Waals surface area contributed by atoms with E-state index in [9.17, 15) is 9.18 Å². The number of fused-ring (bicyclic) bond motifs is 1. The minimum Gasteiger partial charge on any atom is -0.305 e. The van der Waals surface area contributed by atoms with E-state index in [4.69, 9.17) is 5.10 Å². The monoisotopic (exact) mass is 423 g/mol. The molecule has 1 aromatic carbocycles. The SMILES string of the molecule is CC(C)(C)c1cc(NC(=O)c2nn(-c3ccc(F)cc3)c3c2CCC3)n(C(C)(C)C)n1. The van der Waals surface area contributed by atoms with Crippen molar-refractivity contribution in [1.29, 1.82) is 0 Å². The van der Waals surface area contributed by atoms with Crippen molar-refractivity contribution in [2.75, 3.05) is 5.32 Å². The van der Waals surface area contributed by atoms with Gasteiger partial charge in [-0.15, -0.1) is 0 Å². The third-order valence-electron chi connectivity index (χ3n) is 5.57. The fourth-order valence-corrected chi connectivity index (χ4v) is 3.94. The molecule has 164 valence electrons. The second-order valence-corrected chi connectivity index (χ2v) is 10.2. The molecule has 0 saturated carbocycles. The zero-order chi connectivity index (χ0) is 22.6. The lowest BCUT2D eigenvalue weighted by atomic mass is 9.92. The fraction of sp³-hybridized carbons (Fsp3) is 0.458. The first-order valence-corrected chi connectivity index (χ1v) is 10.7. The van der Waals surface area contributed by atoms with Gasteiger partial charge in [0.05, 0.1) is 16.9 Å². The van der Waals surface area contributed by atoms with E-state index in [0.717, 1.165) is 41.9 Å². The van der Waals surface area contributed by atoms with Crippen LogP contribution in [0.5, 0.6) is 0 Å². The number of benzene rings is 1. The van der Waals surface area contributed by atoms with Crippen LogP contribution in [0.1, 0.15) is 75.4 Å². The number of hydrogen-bond donors (Lipinski definition) is 1. The maximum absolute atomic E-state index is 13.4. The zero-order valence-corrected chi connectivity index (χ0v) is 19.1. The molecule has 3 aromatic rings. The Morgan fingerprint density at radius 2 is 1.71 bits per heavy atom. The third kappa shape index (κ3) is 4.01. The highest BCUT2D eigenvalue weighted by Crippen LogP contribution is 2.31. The number of amides is 1. The summed E-state index contributed by atoms with van der Waals surface area (Å²) in [5.74, 6) is 0.117. The first kappa shape index (κ1) is 21.3. The highest BCUT2D eigenvalue weighted by Gasteiger charge is 2.30. The van der Waals surface area contributed by atoms with Crippen LogP contribution in [0.25, 0.3) is 5.69 Å². The zero-order valence-electron chi connectivity index (χ0n) is 19.1. The van der Waals surface area contributed by atoms with Crippen LogP contribution in [-0.4, -0.2) is 25.5 Å². The maximum atomic E-state index is 13.4. The molecule has 0 radical (unpaired) electrons. The summed E-state index contributed by atoms with van der Waals surface area (Å²) < 4.78 is 17.0. The van der Waals surface area contributed by atoms with Gasteiger partial charge in [0.25, 0.3) is 5.91 Å². The molecule has 0 spiro atoms. The standard InChI is InChI=1S/C24H30FN5O/c1-23(2,3)19-14-20(30(27-19)24(4,5)6)26-22(31)21-17-8-7-9-18(17)29(28-21)16-12-10-15(25)11-13-16/h10-14H,7-9H2,1-6H3,(H,26,31). The van der Waals surface area contributed by atoms with Crippen LogP contribution in [0, 0.1) is 5.82 Å². The van der Waals surface area contributed by atoms with Gasteiger partial charge in [-0.1, -0.05) is 20.8 Å². The number of aromatic nitrogens is 4. The summed E-state index contributed by atoms with van der Waals surface area (Å²) in [6, 6.07) is 8.14. The van der Waals surface area contributed by atoms with E-state index in [1.165, 1.54) is 12.1 Å². The summed E-state index contributed by atoms with van der Waals surface area (Å²) in [5.41, 5.74) is 3.67. The van der Waals surface area contributed by atoms with E-state index in [1.807, 2.05) is 10.7 Å². The Balaban J connectivity index is 1.71. The summed E-state index contributed by atoms with van der Waals surface area (Å²) in [5, 5.41) is 12.5. The molecule has 0 aliphatic heterocycles. The quantitative estimate of drug-likeness (QED) is 0.645. The van der Waals surface area contributed by atoms with Gasteiger partial charge in [0, 0.05) is 22.7 Å². The first-order chi connectivity index (χ1) is 14.4. The Kier molecular flexibility index (Phi) is 5.03. The van der Waals surface area contributed by atoms with Crippen LogP contribution in [-0.2, 0) is 23.8 Å². The van der Waals surface area contributed by atoms with E-state index in [-0.39, 0.29) is 22.7 Å². The van der Waals surface area contributed by atoms with Gasteiger partial charge in [-0.3, -0.25) is 4.79 Å². The van der Waals surface area contributed by atoms with Gasteiger partial charge in [0.1, 0.15) is 11.6 Å². The lowest BCUT2D eigenvalue weighted by molar-refractivity contribution is 0.101. The molecule has 0 bridgehead atoms. The molecular formula is C24H30FN5O. The lowest BCUT2D eigenvalue weighted by Crippen LogP contribution is -2.27. The Labute approximate surface area is 182 Å². The first-order valence-electron chi connectivity index (χ1n) is 10.7. The molecule has 0 unspecified atom stereocenters. The van der Waals surface area contributed by atoms with Crippen LogP contribution in [0.2, 0.25) is 0 Å². The van der Waals surface area contributed by atoms with Gasteiger partial charge in [-0.05, 0) is 64.3 Å². The molecule has 6 nitrogen and oxygen atoms in total. The molecule has 1 aliphatic rings. The van der Waals surface area contributed by atoms with Crippen molar-refractivity contribution in [3.8, 4) is 5.69 Å². The molecule has 31 heavy (non-hydrogen) atoms. The van der Waals surface area contributed by atoms with Gasteiger partial charge in [-0.2, -0.15) is 10.2 Å². The van der Waals surface area contributed by atoms with E-state index in [0.29, 0.717) is 11.5 Å². The Morgan fingerprint density at radius 1 is 1.03 bits per heavy atom. The predicted molar refractivity (Wildman–Crippen MR) is 119 cm³/mol. The van der Waals surface area contributed by atoms with Crippen molar-refractivity contribution in [3.05, 3.63) is 58.8 Å². The number of carbonyl (C=O) groups is 1. The molecule has 7 heteroatoms. The Morgan fingerprint density at radius 3 is 2.32 bits per heavy atom. The largest absolute Gasteiger partial charge is 0.305 e. The van der Waals surface area contributed by atoms with Crippen molar-refractivity contribution in [2.24, 2.45) is 0 Å². The molecule has 2 heterocycles. The second kappa shape index (κ2) is 7.32. The fourth-order valence-electron chi connectivity index (χ4n) is 3.94. The van der Waals surface area contributed by atoms with Crippen LogP contribution in [0.3, 0.4) is 0 Å². The minimum atomic E-state index is -0.296. The molecule has 0 fully saturated rings. The average molecular weight is 424 g/mol. The molecule has 2 aromatic heterocycles. The summed E-state index contributed by atoms with van der Waals surface area (Å²) in [4.78, 5) is 13.3. The average Bonchev–Trinajstić information content (AvgIpc) is 3.35. The van der Waals surface area contributed by atoms with E-state index in [2.05, 4.69) is 52.0 Å². The van der Waals surface area contributed by atoms with Gasteiger partial charge in [-0.25, -0.2) is 13.8 Å². The molecule has 1 aliphatic carbocycles. The number of anilines is 1. The van der Waals surface area contributed by atoms with Gasteiger partial charge in [0.15, 0.2) is 5.69 Å². The number of nitrogens with one attached hydrogen (secondary N) is 1. The smallest absolute Gasteiger partial charge is 0.277 e. The topological polar surface area (TPSA) is 64.7 Å². The van der Waals surface area contributed by atoms with E-state index in [1.54, 1.807) is 16.8 Å². The highest BCUT2D eigenvalue weighted by atomic mass is 19.1. The van der Waals surface area contributed by atoms with Crippen molar-refractivity contribution in [2.45, 2.75) is 71.8 Å². The van der Waals surface area contributed by atoms with Crippen LogP contribution < -0.4 is 5.32 Å². The number of carbonyl (C=O) groups excluding carboxylic acids is 1. The highest BCUT2D eigenvalue weighted by molar-refractivity contribution is 6.03. The molecule has 1 N–H and O–H groups in total. The molecule has 0 saturated heterocycles. The van der Waals surface area contributed by atoms with Gasteiger partial charge >= 0.3 is 0 Å². The van der Waals surface area contributed by atoms with E-state index >= 15 is 0 Å². The summed E-state index contributed by atoms with van der Waals surface area (Å²) in [6.45, 7) is 12.5. The summed E-state index contributed by atoms with van der Waals surface area (Å²) in [6.07, 6.45) is 2.63. The summed E-state index contributed by atoms with van der Waals surface area (Å²) in [7, 11) is 0. The van der Waals surface area contributed by atoms with Gasteiger partial charge < -0.3 is 5.32 Å². The van der Waals surface area contributed by atoms with E-state index < -0.39 is 0 Å². The van der Waals surface area contributed by atoms with Crippen molar-refractivity contribution in [1.82, 2.24) is 19.6 Å². The molecule has 1 amide bonds. The molecular weight excluding hydrogens is 393 g/mol. The molecule has 0 atom stereocenters. The second-order valence-electron chi connectivity index (χ2n) is 10.2. The number of rotatable bonds is 3. The predicted octanol–water partition coefficient (Wildman–Crippen LogP) is 5.00. The van der Waals surface area contributed by atoms with Crippen LogP contribution >= 0.6 is 0 Å². The van der Waals surface area contributed by atoms with Gasteiger partial charge in [0.2, 0.25) is 0 Å². The normalized spacial score (nSPS) is 14.0. The third-order valence-corrected chi connectivity index (χ3v) is 5.57. The van der Waals surface area contributed by atoms with Crippen LogP contribution in [0.4, 0.5) is 10.2 Å². The summed E-state index contributed by atoms with van der Waals surface area (Å²) >= 11 is 0. The van der Waals surface area contributed by atoms with Crippen molar-refractivity contribution >= 4 is 11.7 Å². The number of halogens is 1. The van der Waals surface area contributed by atoms with Crippen molar-refractivity contribution in [3.63, 3.8) is 0 Å². The van der Waals surface area contributed by atoms with Crippen molar-refractivity contribution < 1.29 is 9.18 Å². The molecule has 4 rings (SSSR count). The lowest BCUT2D eigenvalue weighted by Gasteiger charge is -2.23. The Hall–Kier alpha value is -2.96. The van der Waals surface area contributed by atoms with Crippen LogP contribution in [0.15, 0.2) is 30.3 Å². The number of nitrogens with zero attached hydrogens (tertiary/aromatic N) is 4. The Bertz CT molecular complexity index is 1130. The minimum absolute atomic E-state index is 0.138. The number of hydrogen-bond acceptors (Lipinski definition) is 3.